The van der Waals surface area contributed by atoms with Gasteiger partial charge in [0.1, 0.15) is 6.61 Å². The molecule has 0 saturated carbocycles. The topological polar surface area (TPSA) is 84.7 Å². The van der Waals surface area contributed by atoms with E-state index in [4.69, 9.17) is 0 Å². The van der Waals surface area contributed by atoms with E-state index in [1.165, 1.54) is 17.0 Å². The second-order valence-corrected chi connectivity index (χ2v) is 9.09. The first kappa shape index (κ1) is 27.7. The van der Waals surface area contributed by atoms with Crippen molar-refractivity contribution in [2.75, 3.05) is 11.5 Å². The summed E-state index contributed by atoms with van der Waals surface area (Å²) in [7, 11) is 0. The number of nitrogens with zero attached hydrogens (tertiary/aromatic N) is 2. The lowest BCUT2D eigenvalue weighted by atomic mass is 9.99. The van der Waals surface area contributed by atoms with Gasteiger partial charge in [0.05, 0.1) is 17.6 Å². The Hall–Kier alpha value is -4.36. The van der Waals surface area contributed by atoms with Crippen molar-refractivity contribution in [1.29, 1.82) is 0 Å². The molecule has 0 bridgehead atoms. The fourth-order valence-electron chi connectivity index (χ4n) is 4.59. The molecule has 1 N–H and O–H groups in total. The zero-order chi connectivity index (χ0) is 28.0. The van der Waals surface area contributed by atoms with E-state index in [-0.39, 0.29) is 25.0 Å². The summed E-state index contributed by atoms with van der Waals surface area (Å²) in [5, 5.41) is 12.8. The molecular formula is C29H26F3N3O4. The Bertz CT molecular complexity index is 1370. The lowest BCUT2D eigenvalue weighted by molar-refractivity contribution is -0.757. The van der Waals surface area contributed by atoms with Gasteiger partial charge in [0, 0.05) is 23.7 Å². The van der Waals surface area contributed by atoms with Crippen LogP contribution in [0, 0.1) is 22.0 Å². The zero-order valence-corrected chi connectivity index (χ0v) is 21.0. The number of anilines is 1. The number of rotatable bonds is 8. The molecule has 3 aromatic carbocycles. The largest absolute Gasteiger partial charge is 0.416 e. The molecule has 3 atom stereocenters. The molecular weight excluding hydrogens is 511 g/mol. The lowest BCUT2D eigenvalue weighted by Gasteiger charge is -2.26. The van der Waals surface area contributed by atoms with Gasteiger partial charge in [-0.1, -0.05) is 54.3 Å². The Morgan fingerprint density at radius 2 is 1.82 bits per heavy atom. The standard InChI is InChI=1S/C29H26F3N3O4/c1-20(22-10-3-2-4-11-22)33-26-19-27(23-12-7-9-21(18-23)8-5-6-17-39-35(37)38)34(28(26)36)25-15-13-24(14-16-25)29(30,31)32/h2-4,7,9-16,18,20,26-27,33H,6,17,19H2,1H3/t20-,26-,27-/m1/s1. The Kier molecular flexibility index (Phi) is 8.52. The first-order valence-electron chi connectivity index (χ1n) is 12.3. The van der Waals surface area contributed by atoms with Gasteiger partial charge >= 0.3 is 6.18 Å². The average molecular weight is 538 g/mol. The van der Waals surface area contributed by atoms with E-state index in [9.17, 15) is 28.1 Å². The third-order valence-corrected chi connectivity index (χ3v) is 6.46. The van der Waals surface area contributed by atoms with Crippen molar-refractivity contribution in [2.24, 2.45) is 0 Å². The SMILES string of the molecule is C[C@@H](N[C@@H]1C[C@H](c2cccc(C#CCCO[N+](=O)[O-])c2)N(c2ccc(C(F)(F)F)cc2)C1=O)c1ccccc1. The summed E-state index contributed by atoms with van der Waals surface area (Å²) < 4.78 is 39.5. The number of carbonyl (C=O) groups excluding carboxylic acids is 1. The number of hydrogen-bond acceptors (Lipinski definition) is 5. The van der Waals surface area contributed by atoms with Crippen molar-refractivity contribution >= 4 is 11.6 Å². The smallest absolute Gasteiger partial charge is 0.313 e. The molecule has 0 aromatic heterocycles. The van der Waals surface area contributed by atoms with Crippen LogP contribution in [-0.4, -0.2) is 23.6 Å². The maximum atomic E-state index is 13.7. The zero-order valence-electron chi connectivity index (χ0n) is 21.0. The minimum absolute atomic E-state index is 0.132. The van der Waals surface area contributed by atoms with Gasteiger partial charge in [-0.15, -0.1) is 10.1 Å². The Morgan fingerprint density at radius 3 is 2.49 bits per heavy atom. The third kappa shape index (κ3) is 6.94. The highest BCUT2D eigenvalue weighted by atomic mass is 19.4. The summed E-state index contributed by atoms with van der Waals surface area (Å²) >= 11 is 0. The maximum absolute atomic E-state index is 13.7. The van der Waals surface area contributed by atoms with Gasteiger partial charge in [-0.25, -0.2) is 0 Å². The molecule has 3 aromatic rings. The molecule has 1 aliphatic heterocycles. The van der Waals surface area contributed by atoms with Crippen LogP contribution in [0.5, 0.6) is 0 Å². The highest BCUT2D eigenvalue weighted by molar-refractivity contribution is 6.00. The van der Waals surface area contributed by atoms with Crippen LogP contribution < -0.4 is 10.2 Å². The van der Waals surface area contributed by atoms with Crippen molar-refractivity contribution in [3.05, 3.63) is 111 Å². The predicted molar refractivity (Wildman–Crippen MR) is 139 cm³/mol. The van der Waals surface area contributed by atoms with Gasteiger partial charge in [0.25, 0.3) is 5.09 Å². The Labute approximate surface area is 223 Å². The van der Waals surface area contributed by atoms with E-state index in [1.54, 1.807) is 12.1 Å². The van der Waals surface area contributed by atoms with Crippen LogP contribution in [0.3, 0.4) is 0 Å². The van der Waals surface area contributed by atoms with E-state index in [0.29, 0.717) is 17.7 Å². The van der Waals surface area contributed by atoms with E-state index in [0.717, 1.165) is 23.3 Å². The molecule has 1 fully saturated rings. The lowest BCUT2D eigenvalue weighted by Crippen LogP contribution is -2.39. The van der Waals surface area contributed by atoms with Crippen LogP contribution in [0.15, 0.2) is 78.9 Å². The van der Waals surface area contributed by atoms with E-state index >= 15 is 0 Å². The number of hydrogen-bond donors (Lipinski definition) is 1. The number of carbonyl (C=O) groups is 1. The van der Waals surface area contributed by atoms with E-state index in [2.05, 4.69) is 22.0 Å². The van der Waals surface area contributed by atoms with Gasteiger partial charge in [-0.3, -0.25) is 10.1 Å². The third-order valence-electron chi connectivity index (χ3n) is 6.46. The molecule has 0 aliphatic carbocycles. The van der Waals surface area contributed by atoms with Gasteiger partial charge in [-0.2, -0.15) is 13.2 Å². The summed E-state index contributed by atoms with van der Waals surface area (Å²) in [5.74, 6) is 5.52. The first-order chi connectivity index (χ1) is 18.6. The van der Waals surface area contributed by atoms with Crippen LogP contribution in [0.1, 0.15) is 54.1 Å². The van der Waals surface area contributed by atoms with Crippen LogP contribution in [0.2, 0.25) is 0 Å². The summed E-state index contributed by atoms with van der Waals surface area (Å²) in [4.78, 5) is 29.7. The quantitative estimate of drug-likeness (QED) is 0.169. The van der Waals surface area contributed by atoms with E-state index in [1.807, 2.05) is 49.4 Å². The van der Waals surface area contributed by atoms with E-state index < -0.39 is 28.9 Å². The van der Waals surface area contributed by atoms with Crippen LogP contribution >= 0.6 is 0 Å². The molecule has 1 aliphatic rings. The molecule has 0 spiro atoms. The van der Waals surface area contributed by atoms with Crippen LogP contribution in [-0.2, 0) is 15.8 Å². The molecule has 202 valence electrons. The second-order valence-electron chi connectivity index (χ2n) is 9.09. The van der Waals surface area contributed by atoms with Crippen molar-refractivity contribution in [1.82, 2.24) is 5.32 Å². The monoisotopic (exact) mass is 537 g/mol. The number of nitrogens with one attached hydrogen (secondary N) is 1. The number of halogens is 3. The van der Waals surface area contributed by atoms with Crippen LogP contribution in [0.4, 0.5) is 18.9 Å². The predicted octanol–water partition coefficient (Wildman–Crippen LogP) is 5.85. The molecule has 4 rings (SSSR count). The average Bonchev–Trinajstić information content (AvgIpc) is 3.24. The highest BCUT2D eigenvalue weighted by Crippen LogP contribution is 2.39. The molecule has 1 amide bonds. The summed E-state index contributed by atoms with van der Waals surface area (Å²) in [6.07, 6.45) is -3.93. The van der Waals surface area contributed by atoms with Crippen molar-refractivity contribution in [3.63, 3.8) is 0 Å². The molecule has 39 heavy (non-hydrogen) atoms. The maximum Gasteiger partial charge on any atom is 0.416 e. The second kappa shape index (κ2) is 12.0. The normalized spacial score (nSPS) is 17.8. The number of benzene rings is 3. The number of alkyl halides is 3. The summed E-state index contributed by atoms with van der Waals surface area (Å²) in [6, 6.07) is 20.3. The summed E-state index contributed by atoms with van der Waals surface area (Å²) in [6.45, 7) is 1.81. The van der Waals surface area contributed by atoms with Gasteiger partial charge in [0.15, 0.2) is 0 Å². The molecule has 0 radical (unpaired) electrons. The van der Waals surface area contributed by atoms with Crippen molar-refractivity contribution < 1.29 is 27.9 Å². The minimum Gasteiger partial charge on any atom is -0.313 e. The molecule has 7 nitrogen and oxygen atoms in total. The molecule has 1 saturated heterocycles. The molecule has 0 unspecified atom stereocenters. The van der Waals surface area contributed by atoms with Gasteiger partial charge in [0.2, 0.25) is 5.91 Å². The number of amides is 1. The van der Waals surface area contributed by atoms with Crippen molar-refractivity contribution in [2.45, 2.75) is 44.1 Å². The van der Waals surface area contributed by atoms with Gasteiger partial charge < -0.3 is 9.74 Å². The van der Waals surface area contributed by atoms with Crippen LogP contribution in [0.25, 0.3) is 0 Å². The first-order valence-corrected chi connectivity index (χ1v) is 12.3. The fraction of sp³-hybridized carbons (Fsp3) is 0.276. The highest BCUT2D eigenvalue weighted by Gasteiger charge is 2.42. The Morgan fingerprint density at radius 1 is 1.10 bits per heavy atom. The Balaban J connectivity index is 1.62. The van der Waals surface area contributed by atoms with Crippen molar-refractivity contribution in [3.8, 4) is 11.8 Å². The summed E-state index contributed by atoms with van der Waals surface area (Å²) in [5.41, 5.74) is 1.99. The molecule has 1 heterocycles. The molecule has 10 heteroatoms. The minimum atomic E-state index is -4.49. The fourth-order valence-corrected chi connectivity index (χ4v) is 4.59. The van der Waals surface area contributed by atoms with Gasteiger partial charge in [-0.05, 0) is 60.9 Å².